The molecule has 0 aliphatic carbocycles. The van der Waals surface area contributed by atoms with Gasteiger partial charge in [0.05, 0.1) is 23.0 Å². The molecule has 0 radical (unpaired) electrons. The standard InChI is InChI=1S/C12H13ClN2OS2/c1-8-2-3-10(9(13)6-8)15-11(16)7-18-12-14-4-5-17-12/h2-3,6H,4-5,7H2,1H3,(H,15,16). The summed E-state index contributed by atoms with van der Waals surface area (Å²) in [5.74, 6) is 1.34. The average molecular weight is 301 g/mol. The van der Waals surface area contributed by atoms with Gasteiger partial charge in [-0.3, -0.25) is 9.79 Å². The van der Waals surface area contributed by atoms with Crippen molar-refractivity contribution in [1.29, 1.82) is 0 Å². The number of hydrogen-bond acceptors (Lipinski definition) is 4. The number of nitrogens with zero attached hydrogens (tertiary/aromatic N) is 1. The van der Waals surface area contributed by atoms with Crippen molar-refractivity contribution >= 4 is 51.1 Å². The lowest BCUT2D eigenvalue weighted by Gasteiger charge is -2.07. The van der Waals surface area contributed by atoms with Crippen LogP contribution in [0.3, 0.4) is 0 Å². The number of halogens is 1. The Labute approximate surface area is 120 Å². The van der Waals surface area contributed by atoms with E-state index in [0.29, 0.717) is 16.5 Å². The number of amides is 1. The largest absolute Gasteiger partial charge is 0.324 e. The monoisotopic (exact) mass is 300 g/mol. The van der Waals surface area contributed by atoms with Crippen LogP contribution in [0.5, 0.6) is 0 Å². The number of aliphatic imine (C=N–C) groups is 1. The van der Waals surface area contributed by atoms with Crippen LogP contribution in [0.1, 0.15) is 5.56 Å². The van der Waals surface area contributed by atoms with Crippen molar-refractivity contribution in [3.8, 4) is 0 Å². The molecule has 1 aliphatic rings. The van der Waals surface area contributed by atoms with E-state index < -0.39 is 0 Å². The van der Waals surface area contributed by atoms with Gasteiger partial charge in [-0.2, -0.15) is 0 Å². The first kappa shape index (κ1) is 13.8. The maximum absolute atomic E-state index is 11.8. The van der Waals surface area contributed by atoms with Crippen molar-refractivity contribution in [3.05, 3.63) is 28.8 Å². The first-order valence-electron chi connectivity index (χ1n) is 5.51. The van der Waals surface area contributed by atoms with Crippen molar-refractivity contribution in [3.63, 3.8) is 0 Å². The second-order valence-corrected chi connectivity index (χ2v) is 6.53. The van der Waals surface area contributed by atoms with Crippen molar-refractivity contribution in [2.24, 2.45) is 4.99 Å². The predicted molar refractivity (Wildman–Crippen MR) is 82.0 cm³/mol. The third kappa shape index (κ3) is 3.93. The number of nitrogens with one attached hydrogen (secondary N) is 1. The lowest BCUT2D eigenvalue weighted by atomic mass is 10.2. The van der Waals surface area contributed by atoms with Crippen molar-refractivity contribution < 1.29 is 4.79 Å². The zero-order valence-electron chi connectivity index (χ0n) is 9.90. The zero-order chi connectivity index (χ0) is 13.0. The summed E-state index contributed by atoms with van der Waals surface area (Å²) in [5.41, 5.74) is 1.73. The Morgan fingerprint density at radius 3 is 3.11 bits per heavy atom. The molecule has 1 heterocycles. The summed E-state index contributed by atoms with van der Waals surface area (Å²) in [4.78, 5) is 16.0. The molecule has 0 unspecified atom stereocenters. The van der Waals surface area contributed by atoms with Crippen molar-refractivity contribution in [1.82, 2.24) is 0 Å². The van der Waals surface area contributed by atoms with Gasteiger partial charge >= 0.3 is 0 Å². The van der Waals surface area contributed by atoms with Gasteiger partial charge in [-0.25, -0.2) is 0 Å². The Bertz CT molecular complexity index is 491. The van der Waals surface area contributed by atoms with E-state index in [4.69, 9.17) is 11.6 Å². The van der Waals surface area contributed by atoms with Crippen LogP contribution >= 0.6 is 35.1 Å². The number of carbonyl (C=O) groups is 1. The first-order valence-corrected chi connectivity index (χ1v) is 7.86. The fraction of sp³-hybridized carbons (Fsp3) is 0.333. The molecule has 2 rings (SSSR count). The van der Waals surface area contributed by atoms with Gasteiger partial charge in [-0.05, 0) is 24.6 Å². The van der Waals surface area contributed by atoms with Crippen LogP contribution in [0.4, 0.5) is 5.69 Å². The minimum absolute atomic E-state index is 0.0547. The third-order valence-electron chi connectivity index (χ3n) is 2.28. The summed E-state index contributed by atoms with van der Waals surface area (Å²) in [6.07, 6.45) is 0. The minimum Gasteiger partial charge on any atom is -0.324 e. The Hall–Kier alpha value is -0.650. The van der Waals surface area contributed by atoms with Gasteiger partial charge in [-0.15, -0.1) is 0 Å². The molecule has 18 heavy (non-hydrogen) atoms. The topological polar surface area (TPSA) is 41.5 Å². The van der Waals surface area contributed by atoms with Gasteiger partial charge in [0.2, 0.25) is 5.91 Å². The summed E-state index contributed by atoms with van der Waals surface area (Å²) < 4.78 is 1.00. The third-order valence-corrected chi connectivity index (χ3v) is 4.85. The van der Waals surface area contributed by atoms with Gasteiger partial charge in [0.1, 0.15) is 4.38 Å². The van der Waals surface area contributed by atoms with Crippen LogP contribution in [0.25, 0.3) is 0 Å². The maximum atomic E-state index is 11.8. The van der Waals surface area contributed by atoms with Crippen molar-refractivity contribution in [2.75, 3.05) is 23.4 Å². The van der Waals surface area contributed by atoms with Gasteiger partial charge in [0.15, 0.2) is 0 Å². The summed E-state index contributed by atoms with van der Waals surface area (Å²) in [6, 6.07) is 5.58. The molecule has 1 aromatic rings. The molecule has 1 amide bonds. The highest BCUT2D eigenvalue weighted by atomic mass is 35.5. The number of carbonyl (C=O) groups excluding carboxylic acids is 1. The van der Waals surface area contributed by atoms with E-state index in [1.54, 1.807) is 11.8 Å². The molecular formula is C12H13ClN2OS2. The number of benzene rings is 1. The minimum atomic E-state index is -0.0547. The second-order valence-electron chi connectivity index (χ2n) is 3.82. The summed E-state index contributed by atoms with van der Waals surface area (Å²) in [5, 5.41) is 3.38. The Morgan fingerprint density at radius 1 is 1.61 bits per heavy atom. The number of rotatable bonds is 3. The van der Waals surface area contributed by atoms with Crippen molar-refractivity contribution in [2.45, 2.75) is 6.92 Å². The molecule has 0 fully saturated rings. The van der Waals surface area contributed by atoms with Crippen LogP contribution in [-0.4, -0.2) is 28.3 Å². The van der Waals surface area contributed by atoms with E-state index in [9.17, 15) is 4.79 Å². The molecule has 0 aromatic heterocycles. The van der Waals surface area contributed by atoms with E-state index in [1.165, 1.54) is 11.8 Å². The van der Waals surface area contributed by atoms with Gasteiger partial charge in [-0.1, -0.05) is 41.2 Å². The molecule has 0 bridgehead atoms. The molecule has 0 atom stereocenters. The summed E-state index contributed by atoms with van der Waals surface area (Å²) in [6.45, 7) is 2.82. The summed E-state index contributed by atoms with van der Waals surface area (Å²) in [7, 11) is 0. The molecule has 6 heteroatoms. The van der Waals surface area contributed by atoms with Crippen LogP contribution in [0.2, 0.25) is 5.02 Å². The van der Waals surface area contributed by atoms with Crippen LogP contribution < -0.4 is 5.32 Å². The van der Waals surface area contributed by atoms with E-state index in [-0.39, 0.29) is 5.91 Å². The molecule has 1 aromatic carbocycles. The molecular weight excluding hydrogens is 288 g/mol. The fourth-order valence-electron chi connectivity index (χ4n) is 1.44. The highest BCUT2D eigenvalue weighted by molar-refractivity contribution is 8.39. The Kier molecular flexibility index (Phi) is 4.97. The smallest absolute Gasteiger partial charge is 0.234 e. The molecule has 1 N–H and O–H groups in total. The molecule has 3 nitrogen and oxygen atoms in total. The number of anilines is 1. The van der Waals surface area contributed by atoms with Gasteiger partial charge in [0.25, 0.3) is 0 Å². The normalized spacial score (nSPS) is 14.4. The Morgan fingerprint density at radius 2 is 2.44 bits per heavy atom. The van der Waals surface area contributed by atoms with E-state index >= 15 is 0 Å². The van der Waals surface area contributed by atoms with E-state index in [0.717, 1.165) is 22.2 Å². The maximum Gasteiger partial charge on any atom is 0.234 e. The van der Waals surface area contributed by atoms with E-state index in [2.05, 4.69) is 10.3 Å². The Balaban J connectivity index is 1.86. The molecule has 0 saturated heterocycles. The first-order chi connectivity index (χ1) is 8.65. The highest BCUT2D eigenvalue weighted by Crippen LogP contribution is 2.24. The SMILES string of the molecule is Cc1ccc(NC(=O)CSC2=NCCS2)c(Cl)c1. The highest BCUT2D eigenvalue weighted by Gasteiger charge is 2.11. The molecule has 96 valence electrons. The van der Waals surface area contributed by atoms with Crippen LogP contribution in [-0.2, 0) is 4.79 Å². The average Bonchev–Trinajstić information content (AvgIpc) is 2.83. The summed E-state index contributed by atoms with van der Waals surface area (Å²) >= 11 is 9.23. The zero-order valence-corrected chi connectivity index (χ0v) is 12.3. The molecule has 1 aliphatic heterocycles. The quantitative estimate of drug-likeness (QED) is 0.930. The van der Waals surface area contributed by atoms with Gasteiger partial charge < -0.3 is 5.32 Å². The van der Waals surface area contributed by atoms with Crippen LogP contribution in [0, 0.1) is 6.92 Å². The lowest BCUT2D eigenvalue weighted by molar-refractivity contribution is -0.113. The molecule has 0 saturated carbocycles. The van der Waals surface area contributed by atoms with Crippen LogP contribution in [0.15, 0.2) is 23.2 Å². The number of aryl methyl sites for hydroxylation is 1. The molecule has 0 spiro atoms. The number of hydrogen-bond donors (Lipinski definition) is 1. The predicted octanol–water partition coefficient (Wildman–Crippen LogP) is 3.42. The lowest BCUT2D eigenvalue weighted by Crippen LogP contribution is -2.15. The fourth-order valence-corrected chi connectivity index (χ4v) is 3.53. The van der Waals surface area contributed by atoms with E-state index in [1.807, 2.05) is 25.1 Å². The van der Waals surface area contributed by atoms with Gasteiger partial charge in [0, 0.05) is 5.75 Å². The second kappa shape index (κ2) is 6.50. The number of thioether (sulfide) groups is 2.